The summed E-state index contributed by atoms with van der Waals surface area (Å²) < 4.78 is 31.7. The number of carbonyl (C=O) groups excluding carboxylic acids is 2. The summed E-state index contributed by atoms with van der Waals surface area (Å²) in [6, 6.07) is 6.94. The van der Waals surface area contributed by atoms with Crippen LogP contribution in [0.1, 0.15) is 20.7 Å². The van der Waals surface area contributed by atoms with E-state index in [0.29, 0.717) is 5.69 Å². The number of halogens is 2. The van der Waals surface area contributed by atoms with Crippen LogP contribution in [0.2, 0.25) is 0 Å². The zero-order chi connectivity index (χ0) is 15.9. The third-order valence-corrected chi connectivity index (χ3v) is 3.26. The molecular formula is C15H8F2NO4-. The Kier molecular flexibility index (Phi) is 3.25. The van der Waals surface area contributed by atoms with Gasteiger partial charge in [0.2, 0.25) is 0 Å². The van der Waals surface area contributed by atoms with Gasteiger partial charge in [-0.3, -0.25) is 9.69 Å². The Hall–Kier alpha value is -2.96. The topological polar surface area (TPSA) is 69.7 Å². The van der Waals surface area contributed by atoms with Gasteiger partial charge in [0, 0.05) is 11.8 Å². The highest BCUT2D eigenvalue weighted by molar-refractivity contribution is 6.08. The molecule has 7 heteroatoms. The molecule has 5 nitrogen and oxygen atoms in total. The first-order valence-electron chi connectivity index (χ1n) is 6.22. The van der Waals surface area contributed by atoms with E-state index >= 15 is 0 Å². The molecule has 0 saturated heterocycles. The fourth-order valence-electron chi connectivity index (χ4n) is 2.12. The molecular weight excluding hydrogens is 296 g/mol. The van der Waals surface area contributed by atoms with Crippen LogP contribution >= 0.6 is 0 Å². The summed E-state index contributed by atoms with van der Waals surface area (Å²) in [6.45, 7) is -0.193. The third kappa shape index (κ3) is 2.26. The van der Waals surface area contributed by atoms with Gasteiger partial charge in [-0.2, -0.15) is 0 Å². The number of carboxylic acid groups (broad SMARTS) is 1. The van der Waals surface area contributed by atoms with Gasteiger partial charge in [0.15, 0.2) is 18.4 Å². The van der Waals surface area contributed by atoms with Crippen LogP contribution in [-0.4, -0.2) is 18.6 Å². The number of benzene rings is 2. The second-order valence-electron chi connectivity index (χ2n) is 4.60. The van der Waals surface area contributed by atoms with Crippen molar-refractivity contribution in [3.8, 4) is 5.75 Å². The smallest absolute Gasteiger partial charge is 0.264 e. The van der Waals surface area contributed by atoms with Crippen LogP contribution in [0.3, 0.4) is 0 Å². The second kappa shape index (κ2) is 5.10. The monoisotopic (exact) mass is 304 g/mol. The Balaban J connectivity index is 1.95. The van der Waals surface area contributed by atoms with Crippen molar-refractivity contribution in [2.24, 2.45) is 0 Å². The van der Waals surface area contributed by atoms with Gasteiger partial charge >= 0.3 is 0 Å². The molecule has 1 aliphatic rings. The van der Waals surface area contributed by atoms with E-state index in [9.17, 15) is 23.5 Å². The van der Waals surface area contributed by atoms with E-state index < -0.39 is 23.5 Å². The van der Waals surface area contributed by atoms with Crippen molar-refractivity contribution in [2.45, 2.75) is 0 Å². The van der Waals surface area contributed by atoms with Crippen molar-refractivity contribution < 1.29 is 28.2 Å². The molecule has 0 N–H and O–H groups in total. The van der Waals surface area contributed by atoms with Gasteiger partial charge in [-0.1, -0.05) is 12.1 Å². The molecule has 1 aliphatic heterocycles. The third-order valence-electron chi connectivity index (χ3n) is 3.26. The quantitative estimate of drug-likeness (QED) is 0.839. The van der Waals surface area contributed by atoms with Gasteiger partial charge in [-0.15, -0.1) is 0 Å². The summed E-state index contributed by atoms with van der Waals surface area (Å²) in [6.07, 6.45) is 0. The number of hydrogen-bond acceptors (Lipinski definition) is 4. The van der Waals surface area contributed by atoms with Crippen LogP contribution in [0.25, 0.3) is 0 Å². The van der Waals surface area contributed by atoms with Crippen molar-refractivity contribution in [1.29, 1.82) is 0 Å². The molecule has 0 aliphatic carbocycles. The van der Waals surface area contributed by atoms with Gasteiger partial charge in [-0.05, 0) is 23.8 Å². The van der Waals surface area contributed by atoms with Gasteiger partial charge in [0.1, 0.15) is 5.75 Å². The van der Waals surface area contributed by atoms with E-state index in [2.05, 4.69) is 0 Å². The molecule has 0 spiro atoms. The molecule has 0 unspecified atom stereocenters. The Morgan fingerprint density at radius 3 is 2.41 bits per heavy atom. The van der Waals surface area contributed by atoms with Crippen molar-refractivity contribution in [2.75, 3.05) is 11.6 Å². The maximum Gasteiger partial charge on any atom is 0.264 e. The molecule has 0 radical (unpaired) electrons. The van der Waals surface area contributed by atoms with E-state index in [0.717, 1.165) is 12.1 Å². The minimum atomic E-state index is -1.34. The summed E-state index contributed by atoms with van der Waals surface area (Å²) in [5.74, 6) is -4.19. The Morgan fingerprint density at radius 2 is 1.77 bits per heavy atom. The first-order valence-corrected chi connectivity index (χ1v) is 6.22. The van der Waals surface area contributed by atoms with E-state index in [1.807, 2.05) is 0 Å². The number of anilines is 1. The fraction of sp³-hybridized carbons (Fsp3) is 0.0667. The predicted octanol–water partition coefficient (Wildman–Crippen LogP) is 1.32. The van der Waals surface area contributed by atoms with Crippen molar-refractivity contribution >= 4 is 17.6 Å². The summed E-state index contributed by atoms with van der Waals surface area (Å²) in [4.78, 5) is 24.2. The standard InChI is InChI=1S/C15H9F2NO4/c16-11-5-10-13(6-12(11)17)22-7-18(14(10)19)9-3-1-8(2-4-9)15(20)21/h1-6H,7H2,(H,20,21)/p-1. The Labute approximate surface area is 123 Å². The zero-order valence-electron chi connectivity index (χ0n) is 11.0. The van der Waals surface area contributed by atoms with Crippen LogP contribution in [-0.2, 0) is 0 Å². The highest BCUT2D eigenvalue weighted by Gasteiger charge is 2.28. The summed E-state index contributed by atoms with van der Waals surface area (Å²) in [5, 5.41) is 10.7. The van der Waals surface area contributed by atoms with E-state index in [1.165, 1.54) is 29.2 Å². The molecule has 3 rings (SSSR count). The first-order chi connectivity index (χ1) is 10.5. The number of hydrogen-bond donors (Lipinski definition) is 0. The minimum absolute atomic E-state index is 0.0356. The molecule has 0 atom stereocenters. The highest BCUT2D eigenvalue weighted by Crippen LogP contribution is 2.30. The molecule has 0 fully saturated rings. The van der Waals surface area contributed by atoms with Gasteiger partial charge in [0.05, 0.1) is 11.5 Å². The zero-order valence-corrected chi connectivity index (χ0v) is 11.0. The van der Waals surface area contributed by atoms with E-state index in [1.54, 1.807) is 0 Å². The molecule has 112 valence electrons. The molecule has 0 bridgehead atoms. The van der Waals surface area contributed by atoms with Gasteiger partial charge in [-0.25, -0.2) is 8.78 Å². The van der Waals surface area contributed by atoms with E-state index in [4.69, 9.17) is 4.74 Å². The average Bonchev–Trinajstić information content (AvgIpc) is 2.50. The minimum Gasteiger partial charge on any atom is -0.545 e. The van der Waals surface area contributed by atoms with E-state index in [-0.39, 0.29) is 23.6 Å². The maximum atomic E-state index is 13.3. The lowest BCUT2D eigenvalue weighted by molar-refractivity contribution is -0.255. The molecule has 2 aromatic rings. The lowest BCUT2D eigenvalue weighted by atomic mass is 10.1. The Bertz CT molecular complexity index is 774. The largest absolute Gasteiger partial charge is 0.545 e. The van der Waals surface area contributed by atoms with Gasteiger partial charge in [0.25, 0.3) is 5.91 Å². The number of amides is 1. The van der Waals surface area contributed by atoms with Crippen molar-refractivity contribution in [3.05, 3.63) is 59.2 Å². The van der Waals surface area contributed by atoms with Crippen LogP contribution in [0.4, 0.5) is 14.5 Å². The summed E-state index contributed by atoms with van der Waals surface area (Å²) in [7, 11) is 0. The predicted molar refractivity (Wildman–Crippen MR) is 69.4 cm³/mol. The second-order valence-corrected chi connectivity index (χ2v) is 4.60. The van der Waals surface area contributed by atoms with Crippen molar-refractivity contribution in [1.82, 2.24) is 0 Å². The SMILES string of the molecule is O=C([O-])c1ccc(N2COc3cc(F)c(F)cc3C2=O)cc1. The van der Waals surface area contributed by atoms with Crippen LogP contribution < -0.4 is 14.7 Å². The average molecular weight is 304 g/mol. The molecule has 0 aromatic heterocycles. The molecule has 2 aromatic carbocycles. The number of nitrogens with zero attached hydrogens (tertiary/aromatic N) is 1. The van der Waals surface area contributed by atoms with Gasteiger partial charge < -0.3 is 14.6 Å². The maximum absolute atomic E-state index is 13.3. The van der Waals surface area contributed by atoms with Crippen molar-refractivity contribution in [3.63, 3.8) is 0 Å². The number of aromatic carboxylic acids is 1. The number of carboxylic acids is 1. The Morgan fingerprint density at radius 1 is 1.14 bits per heavy atom. The van der Waals surface area contributed by atoms with Crippen LogP contribution in [0.15, 0.2) is 36.4 Å². The molecule has 22 heavy (non-hydrogen) atoms. The fourth-order valence-corrected chi connectivity index (χ4v) is 2.12. The number of fused-ring (bicyclic) bond motifs is 1. The lowest BCUT2D eigenvalue weighted by Gasteiger charge is -2.29. The number of ether oxygens (including phenoxy) is 1. The lowest BCUT2D eigenvalue weighted by Crippen LogP contribution is -2.39. The molecule has 0 saturated carbocycles. The highest BCUT2D eigenvalue weighted by atomic mass is 19.2. The number of carbonyl (C=O) groups is 2. The number of rotatable bonds is 2. The normalized spacial score (nSPS) is 13.5. The summed E-state index contributed by atoms with van der Waals surface area (Å²) >= 11 is 0. The first kappa shape index (κ1) is 14.0. The van der Waals surface area contributed by atoms with Crippen LogP contribution in [0, 0.1) is 11.6 Å². The molecule has 1 heterocycles. The van der Waals surface area contributed by atoms with Crippen LogP contribution in [0.5, 0.6) is 5.75 Å². The summed E-state index contributed by atoms with van der Waals surface area (Å²) in [5.41, 5.74) is 0.224. The molecule has 1 amide bonds.